The van der Waals surface area contributed by atoms with Crippen molar-refractivity contribution in [3.8, 4) is 0 Å². The molecule has 1 nitrogen and oxygen atoms in total. The Bertz CT molecular complexity index is 175. The summed E-state index contributed by atoms with van der Waals surface area (Å²) in [5, 5.41) is 0. The first kappa shape index (κ1) is 22.4. The Balaban J connectivity index is -0.0000000800. The fourth-order valence-corrected chi connectivity index (χ4v) is 0.543. The molecule has 0 bridgehead atoms. The molecule has 0 spiro atoms. The molecule has 1 aromatic heterocycles. The largest absolute Gasteiger partial charge is 3.00 e. The van der Waals surface area contributed by atoms with Crippen LogP contribution in [0.25, 0.3) is 0 Å². The van der Waals surface area contributed by atoms with E-state index >= 15 is 0 Å². The quantitative estimate of drug-likeness (QED) is 0.357. The Labute approximate surface area is 71.9 Å². The van der Waals surface area contributed by atoms with Crippen molar-refractivity contribution in [2.24, 2.45) is 0 Å². The summed E-state index contributed by atoms with van der Waals surface area (Å²) in [7, 11) is 0. The van der Waals surface area contributed by atoms with Crippen LogP contribution in [-0.2, 0) is 0 Å². The van der Waals surface area contributed by atoms with E-state index in [1.807, 2.05) is 18.5 Å². The molecular weight excluding hydrogens is 166 g/mol. The van der Waals surface area contributed by atoms with Gasteiger partial charge in [-0.1, -0.05) is 0 Å². The molecule has 66 valence electrons. The molecule has 12 heavy (non-hydrogen) atoms. The van der Waals surface area contributed by atoms with Gasteiger partial charge in [-0.05, 0) is 31.0 Å². The van der Waals surface area contributed by atoms with Gasteiger partial charge in [-0.2, -0.15) is 0 Å². The number of rotatable bonds is 0. The molecule has 0 aliphatic rings. The van der Waals surface area contributed by atoms with Crippen LogP contribution < -0.4 is 14.1 Å². The van der Waals surface area contributed by atoms with Gasteiger partial charge in [0.15, 0.2) is 0 Å². The van der Waals surface area contributed by atoms with Crippen molar-refractivity contribution in [3.63, 3.8) is 0 Å². The number of aromatic nitrogens is 1. The molecule has 1 aromatic rings. The molecule has 5 heteroatoms. The maximum Gasteiger partial charge on any atom is 3.00 e. The Morgan fingerprint density at radius 3 is 1.75 bits per heavy atom. The SMILES string of the molecule is Cc1ccncc1C.[B+3].[F-].[F-].[F-]. The fourth-order valence-electron chi connectivity index (χ4n) is 0.543. The molecule has 0 radical (unpaired) electrons. The molecule has 0 saturated heterocycles. The normalized spacial score (nSPS) is 6.17. The Morgan fingerprint density at radius 2 is 1.50 bits per heavy atom. The van der Waals surface area contributed by atoms with Crippen molar-refractivity contribution in [3.05, 3.63) is 29.6 Å². The van der Waals surface area contributed by atoms with Crippen molar-refractivity contribution in [2.75, 3.05) is 0 Å². The van der Waals surface area contributed by atoms with Gasteiger partial charge in [-0.15, -0.1) is 0 Å². The number of nitrogens with zero attached hydrogens (tertiary/aromatic N) is 1. The third-order valence-corrected chi connectivity index (χ3v) is 1.30. The van der Waals surface area contributed by atoms with Crippen LogP contribution in [0.1, 0.15) is 11.1 Å². The number of pyridine rings is 1. The van der Waals surface area contributed by atoms with Crippen LogP contribution in [0.2, 0.25) is 0 Å². The molecule has 1 rings (SSSR count). The summed E-state index contributed by atoms with van der Waals surface area (Å²) in [5.74, 6) is 0. The predicted octanol–water partition coefficient (Wildman–Crippen LogP) is -7.67. The van der Waals surface area contributed by atoms with E-state index in [1.54, 1.807) is 0 Å². The van der Waals surface area contributed by atoms with Crippen molar-refractivity contribution >= 4 is 8.41 Å². The monoisotopic (exact) mass is 175 g/mol. The first-order valence-corrected chi connectivity index (χ1v) is 2.68. The van der Waals surface area contributed by atoms with E-state index in [4.69, 9.17) is 0 Å². The second-order valence-electron chi connectivity index (χ2n) is 1.96. The molecular formula is C7H9BF3N. The molecule has 0 aliphatic heterocycles. The number of halogens is 3. The van der Waals surface area contributed by atoms with E-state index in [0.29, 0.717) is 0 Å². The van der Waals surface area contributed by atoms with Gasteiger partial charge >= 0.3 is 8.41 Å². The van der Waals surface area contributed by atoms with Crippen LogP contribution in [0.15, 0.2) is 18.5 Å². The molecule has 1 heterocycles. The van der Waals surface area contributed by atoms with E-state index in [-0.39, 0.29) is 22.5 Å². The van der Waals surface area contributed by atoms with E-state index in [0.717, 1.165) is 0 Å². The van der Waals surface area contributed by atoms with E-state index in [2.05, 4.69) is 18.8 Å². The van der Waals surface area contributed by atoms with Gasteiger partial charge in [0, 0.05) is 12.4 Å². The Kier molecular flexibility index (Phi) is 18.7. The summed E-state index contributed by atoms with van der Waals surface area (Å²) >= 11 is 0. The second-order valence-corrected chi connectivity index (χ2v) is 1.96. The van der Waals surface area contributed by atoms with Crippen LogP contribution in [-0.4, -0.2) is 13.4 Å². The molecule has 0 fully saturated rings. The zero-order chi connectivity index (χ0) is 5.98. The van der Waals surface area contributed by atoms with Crippen molar-refractivity contribution in [1.82, 2.24) is 4.98 Å². The van der Waals surface area contributed by atoms with Crippen LogP contribution >= 0.6 is 0 Å². The van der Waals surface area contributed by atoms with Gasteiger partial charge in [0.05, 0.1) is 0 Å². The molecule has 0 atom stereocenters. The van der Waals surface area contributed by atoms with Crippen molar-refractivity contribution in [1.29, 1.82) is 0 Å². The third-order valence-electron chi connectivity index (χ3n) is 1.30. The first-order valence-electron chi connectivity index (χ1n) is 2.68. The van der Waals surface area contributed by atoms with Crippen LogP contribution in [0.4, 0.5) is 0 Å². The van der Waals surface area contributed by atoms with E-state index < -0.39 is 0 Å². The molecule has 0 amide bonds. The van der Waals surface area contributed by atoms with Gasteiger partial charge in [0.25, 0.3) is 0 Å². The number of aryl methyl sites for hydroxylation is 2. The molecule has 0 unspecified atom stereocenters. The minimum Gasteiger partial charge on any atom is -1.00 e. The summed E-state index contributed by atoms with van der Waals surface area (Å²) < 4.78 is 0. The zero-order valence-electron chi connectivity index (χ0n) is 6.89. The van der Waals surface area contributed by atoms with Gasteiger partial charge in [-0.25, -0.2) is 0 Å². The van der Waals surface area contributed by atoms with Gasteiger partial charge in [0.2, 0.25) is 0 Å². The standard InChI is InChI=1S/C7H9N.B.3FH/c1-6-3-4-8-5-7(6)2;;;;/h3-5H,1-2H3;;3*1H/q;+3;;;/p-3. The maximum absolute atomic E-state index is 3.95. The minimum absolute atomic E-state index is 0. The van der Waals surface area contributed by atoms with Gasteiger partial charge in [-0.3, -0.25) is 4.98 Å². The van der Waals surface area contributed by atoms with Crippen molar-refractivity contribution < 1.29 is 14.1 Å². The number of hydrogen-bond donors (Lipinski definition) is 0. The molecule has 0 N–H and O–H groups in total. The number of hydrogen-bond acceptors (Lipinski definition) is 1. The molecule has 0 aromatic carbocycles. The topological polar surface area (TPSA) is 12.9 Å². The molecule has 0 aliphatic carbocycles. The summed E-state index contributed by atoms with van der Waals surface area (Å²) in [6, 6.07) is 2.01. The third kappa shape index (κ3) is 5.76. The smallest absolute Gasteiger partial charge is 1.00 e. The second kappa shape index (κ2) is 10.0. The van der Waals surface area contributed by atoms with E-state index in [9.17, 15) is 0 Å². The van der Waals surface area contributed by atoms with Crippen LogP contribution in [0.3, 0.4) is 0 Å². The van der Waals surface area contributed by atoms with Crippen LogP contribution in [0.5, 0.6) is 0 Å². The summed E-state index contributed by atoms with van der Waals surface area (Å²) in [5.41, 5.74) is 2.56. The van der Waals surface area contributed by atoms with Gasteiger partial charge in [0.1, 0.15) is 0 Å². The zero-order valence-corrected chi connectivity index (χ0v) is 6.89. The summed E-state index contributed by atoms with van der Waals surface area (Å²) in [6.45, 7) is 4.14. The fraction of sp³-hybridized carbons (Fsp3) is 0.286. The predicted molar refractivity (Wildman–Crippen MR) is 39.5 cm³/mol. The summed E-state index contributed by atoms with van der Waals surface area (Å²) in [4.78, 5) is 3.95. The van der Waals surface area contributed by atoms with Gasteiger partial charge < -0.3 is 14.1 Å². The maximum atomic E-state index is 3.95. The van der Waals surface area contributed by atoms with Crippen LogP contribution in [0, 0.1) is 13.8 Å². The summed E-state index contributed by atoms with van der Waals surface area (Å²) in [6.07, 6.45) is 3.68. The average molecular weight is 175 g/mol. The first-order chi connectivity index (χ1) is 3.80. The average Bonchev–Trinajstić information content (AvgIpc) is 1.77. The minimum atomic E-state index is 0. The Morgan fingerprint density at radius 1 is 1.00 bits per heavy atom. The Hall–Kier alpha value is -0.995. The van der Waals surface area contributed by atoms with Crippen molar-refractivity contribution in [2.45, 2.75) is 13.8 Å². The molecule has 0 saturated carbocycles. The van der Waals surface area contributed by atoms with E-state index in [1.165, 1.54) is 11.1 Å².